The third-order valence-electron chi connectivity index (χ3n) is 5.94. The molecule has 3 heterocycles. The van der Waals surface area contributed by atoms with Gasteiger partial charge in [-0.3, -0.25) is 4.90 Å². The van der Waals surface area contributed by atoms with Crippen LogP contribution in [0.25, 0.3) is 0 Å². The number of para-hydroxylation sites is 1. The molecule has 0 aliphatic carbocycles. The number of morpholine rings is 1. The first-order valence-electron chi connectivity index (χ1n) is 9.81. The predicted octanol–water partition coefficient (Wildman–Crippen LogP) is 3.24. The van der Waals surface area contributed by atoms with Crippen molar-refractivity contribution in [1.82, 2.24) is 4.90 Å². The van der Waals surface area contributed by atoms with Crippen LogP contribution in [0.15, 0.2) is 36.4 Å². The van der Waals surface area contributed by atoms with Crippen LogP contribution in [0.5, 0.6) is 23.0 Å². The fourth-order valence-electron chi connectivity index (χ4n) is 4.58. The monoisotopic (exact) mass is 383 g/mol. The lowest BCUT2D eigenvalue weighted by molar-refractivity contribution is -0.0785. The lowest BCUT2D eigenvalue weighted by Gasteiger charge is -2.44. The smallest absolute Gasteiger partial charge is 0.231 e. The molecule has 0 bridgehead atoms. The zero-order valence-electron chi connectivity index (χ0n) is 16.2. The summed E-state index contributed by atoms with van der Waals surface area (Å²) in [4.78, 5) is 2.38. The minimum Gasteiger partial charge on any atom is -0.496 e. The van der Waals surface area contributed by atoms with Crippen LogP contribution >= 0.6 is 0 Å². The Balaban J connectivity index is 1.62. The quantitative estimate of drug-likeness (QED) is 0.811. The summed E-state index contributed by atoms with van der Waals surface area (Å²) < 4.78 is 29.0. The molecule has 6 nitrogen and oxygen atoms in total. The van der Waals surface area contributed by atoms with Gasteiger partial charge in [0.2, 0.25) is 6.79 Å². The normalized spacial score (nSPS) is 26.4. The second kappa shape index (κ2) is 7.18. The first kappa shape index (κ1) is 17.6. The van der Waals surface area contributed by atoms with E-state index in [-0.39, 0.29) is 24.9 Å². The molecule has 148 valence electrons. The van der Waals surface area contributed by atoms with Crippen LogP contribution in [0.2, 0.25) is 0 Å². The second-order valence-corrected chi connectivity index (χ2v) is 7.48. The minimum atomic E-state index is -0.0355. The van der Waals surface area contributed by atoms with E-state index in [1.165, 1.54) is 5.56 Å². The van der Waals surface area contributed by atoms with Gasteiger partial charge in [0.25, 0.3) is 0 Å². The maximum Gasteiger partial charge on any atom is 0.231 e. The van der Waals surface area contributed by atoms with E-state index in [1.54, 1.807) is 7.11 Å². The van der Waals surface area contributed by atoms with E-state index in [2.05, 4.69) is 30.0 Å². The average Bonchev–Trinajstić information content (AvgIpc) is 3.20. The fraction of sp³-hybridized carbons (Fsp3) is 0.455. The molecule has 3 aliphatic heterocycles. The number of hydrogen-bond acceptors (Lipinski definition) is 6. The number of hydrogen-bond donors (Lipinski definition) is 0. The molecule has 1 fully saturated rings. The Kier molecular flexibility index (Phi) is 4.53. The van der Waals surface area contributed by atoms with Gasteiger partial charge in [0.1, 0.15) is 11.5 Å². The van der Waals surface area contributed by atoms with Gasteiger partial charge >= 0.3 is 0 Å². The number of rotatable bonds is 3. The van der Waals surface area contributed by atoms with E-state index in [4.69, 9.17) is 23.7 Å². The molecule has 2 aromatic carbocycles. The van der Waals surface area contributed by atoms with Crippen molar-refractivity contribution in [1.29, 1.82) is 0 Å². The van der Waals surface area contributed by atoms with Crippen LogP contribution in [-0.2, 0) is 4.74 Å². The molecule has 5 rings (SSSR count). The van der Waals surface area contributed by atoms with Crippen molar-refractivity contribution in [3.8, 4) is 23.0 Å². The Bertz CT molecular complexity index is 864. The number of nitrogens with zero attached hydrogens (tertiary/aromatic N) is 1. The average molecular weight is 383 g/mol. The van der Waals surface area contributed by atoms with Crippen molar-refractivity contribution in [2.45, 2.75) is 19.1 Å². The summed E-state index contributed by atoms with van der Waals surface area (Å²) in [5, 5.41) is 0. The molecule has 0 spiro atoms. The maximum atomic E-state index is 6.53. The van der Waals surface area contributed by atoms with Gasteiger partial charge in [0, 0.05) is 42.1 Å². The molecule has 3 aliphatic rings. The molecular formula is C22H25NO5. The molecule has 0 amide bonds. The third-order valence-corrected chi connectivity index (χ3v) is 5.94. The Morgan fingerprint density at radius 1 is 0.964 bits per heavy atom. The van der Waals surface area contributed by atoms with Crippen LogP contribution in [0.1, 0.15) is 24.0 Å². The molecule has 3 atom stereocenters. The summed E-state index contributed by atoms with van der Waals surface area (Å²) in [5.41, 5.74) is 2.28. The molecule has 6 heteroatoms. The largest absolute Gasteiger partial charge is 0.496 e. The van der Waals surface area contributed by atoms with Crippen molar-refractivity contribution < 1.29 is 23.7 Å². The van der Waals surface area contributed by atoms with Gasteiger partial charge in [-0.25, -0.2) is 0 Å². The summed E-state index contributed by atoms with van der Waals surface area (Å²) in [7, 11) is 1.73. The van der Waals surface area contributed by atoms with E-state index in [9.17, 15) is 0 Å². The lowest BCUT2D eigenvalue weighted by Crippen LogP contribution is -2.52. The van der Waals surface area contributed by atoms with Crippen LogP contribution in [0.3, 0.4) is 0 Å². The van der Waals surface area contributed by atoms with Crippen LogP contribution in [0, 0.1) is 5.92 Å². The van der Waals surface area contributed by atoms with Gasteiger partial charge in [-0.1, -0.05) is 25.1 Å². The molecule has 0 aromatic heterocycles. The van der Waals surface area contributed by atoms with Crippen LogP contribution in [-0.4, -0.2) is 51.3 Å². The van der Waals surface area contributed by atoms with E-state index >= 15 is 0 Å². The summed E-state index contributed by atoms with van der Waals surface area (Å²) in [6, 6.07) is 12.3. The zero-order chi connectivity index (χ0) is 19.1. The highest BCUT2D eigenvalue weighted by Crippen LogP contribution is 2.51. The summed E-state index contributed by atoms with van der Waals surface area (Å²) >= 11 is 0. The highest BCUT2D eigenvalue weighted by Gasteiger charge is 2.42. The Hall–Kier alpha value is -2.44. The van der Waals surface area contributed by atoms with Gasteiger partial charge in [-0.2, -0.15) is 0 Å². The first-order chi connectivity index (χ1) is 13.8. The SMILES string of the molecule is COc1ccccc1[C@@H]1c2cc3c(cc2O[C@H](N2CCOCC2)[C@H]1C)OCO3. The number of methoxy groups -OCH3 is 1. The van der Waals surface area contributed by atoms with E-state index in [0.29, 0.717) is 0 Å². The van der Waals surface area contributed by atoms with E-state index < -0.39 is 0 Å². The molecule has 0 radical (unpaired) electrons. The Labute approximate surface area is 164 Å². The van der Waals surface area contributed by atoms with Gasteiger partial charge < -0.3 is 23.7 Å². The van der Waals surface area contributed by atoms with Crippen molar-refractivity contribution in [2.75, 3.05) is 40.2 Å². The molecule has 0 saturated carbocycles. The van der Waals surface area contributed by atoms with E-state index in [0.717, 1.165) is 54.9 Å². The number of benzene rings is 2. The van der Waals surface area contributed by atoms with Crippen LogP contribution < -0.4 is 18.9 Å². The second-order valence-electron chi connectivity index (χ2n) is 7.48. The Morgan fingerprint density at radius 3 is 2.50 bits per heavy atom. The van der Waals surface area contributed by atoms with Crippen molar-refractivity contribution in [2.24, 2.45) is 5.92 Å². The van der Waals surface area contributed by atoms with Gasteiger partial charge in [-0.15, -0.1) is 0 Å². The van der Waals surface area contributed by atoms with Crippen molar-refractivity contribution in [3.05, 3.63) is 47.5 Å². The molecule has 28 heavy (non-hydrogen) atoms. The highest BCUT2D eigenvalue weighted by atomic mass is 16.7. The molecule has 2 aromatic rings. The number of ether oxygens (including phenoxy) is 5. The van der Waals surface area contributed by atoms with Crippen molar-refractivity contribution in [3.63, 3.8) is 0 Å². The molecule has 0 N–H and O–H groups in total. The molecular weight excluding hydrogens is 358 g/mol. The first-order valence-corrected chi connectivity index (χ1v) is 9.81. The van der Waals surface area contributed by atoms with Crippen molar-refractivity contribution >= 4 is 0 Å². The standard InChI is InChI=1S/C22H25NO5/c1-14-21(15-5-3-4-6-17(15)24-2)16-11-19-20(27-13-26-19)12-18(16)28-22(14)23-7-9-25-10-8-23/h3-6,11-12,14,21-22H,7-10,13H2,1-2H3/t14-,21+,22-/m0/s1. The maximum absolute atomic E-state index is 6.53. The highest BCUT2D eigenvalue weighted by molar-refractivity contribution is 5.57. The van der Waals surface area contributed by atoms with Gasteiger partial charge in [-0.05, 0) is 12.1 Å². The topological polar surface area (TPSA) is 49.4 Å². The van der Waals surface area contributed by atoms with Gasteiger partial charge in [0.05, 0.1) is 20.3 Å². The Morgan fingerprint density at radius 2 is 1.71 bits per heavy atom. The summed E-state index contributed by atoms with van der Waals surface area (Å²) in [6.07, 6.45) is -0.0355. The summed E-state index contributed by atoms with van der Waals surface area (Å²) in [6.45, 7) is 5.71. The molecule has 0 unspecified atom stereocenters. The van der Waals surface area contributed by atoms with Gasteiger partial charge in [0.15, 0.2) is 17.7 Å². The van der Waals surface area contributed by atoms with E-state index in [1.807, 2.05) is 18.2 Å². The zero-order valence-corrected chi connectivity index (χ0v) is 16.2. The lowest BCUT2D eigenvalue weighted by atomic mass is 9.77. The summed E-state index contributed by atoms with van der Waals surface area (Å²) in [5.74, 6) is 3.62. The third kappa shape index (κ3) is 2.88. The number of fused-ring (bicyclic) bond motifs is 2. The molecule has 1 saturated heterocycles. The van der Waals surface area contributed by atoms with Crippen LogP contribution in [0.4, 0.5) is 0 Å². The predicted molar refractivity (Wildman–Crippen MR) is 103 cm³/mol. The minimum absolute atomic E-state index is 0.0355. The fourth-order valence-corrected chi connectivity index (χ4v) is 4.58.